The largest absolute Gasteiger partial charge is 0.392 e. The standard InChI is InChI=1S/C49H64N2O6/c1-26-17-27(2)19-29(18-26)32(25-52)30-23-51-24-31-37-38(46(7,20-34(54)43-45(5,6)57-43)14-11-28-22-50-39(30)40(28)51)33(53)21-49(37,10)48(9)16-12-35-44(3,4)36(55)13-15-47(35,8)42(48)41(31)56/h17-19,22,25,31,34-35,41-43,50,54,56H,11-16,20-21,23-24H2,1-10H3/t31-,34-,35+,41-,42+,43+,46+,47+,48+,49+/m1/s1. The second-order valence-electron chi connectivity index (χ2n) is 21.7. The highest BCUT2D eigenvalue weighted by atomic mass is 16.6. The summed E-state index contributed by atoms with van der Waals surface area (Å²) in [5, 5.41) is 25.3. The molecule has 0 unspecified atom stereocenters. The number of carbonyl (C=O) groups excluding carboxylic acids is 3. The van der Waals surface area contributed by atoms with Crippen LogP contribution in [-0.2, 0) is 25.5 Å². The number of fused-ring (bicyclic) bond motifs is 4. The number of aryl methyl sites for hydroxylation is 3. The molecule has 57 heavy (non-hydrogen) atoms. The minimum atomic E-state index is -0.765. The topological polar surface area (TPSA) is 123 Å². The van der Waals surface area contributed by atoms with Gasteiger partial charge in [-0.05, 0) is 111 Å². The number of hydrogen-bond donors (Lipinski definition) is 3. The number of nitrogens with zero attached hydrogens (tertiary/aromatic N) is 1. The van der Waals surface area contributed by atoms with Gasteiger partial charge in [-0.1, -0.05) is 70.9 Å². The predicted octanol–water partition coefficient (Wildman–Crippen LogP) is 8.14. The number of H-pyrrole nitrogens is 1. The number of aliphatic hydroxyl groups excluding tert-OH is 2. The van der Waals surface area contributed by atoms with Crippen molar-refractivity contribution in [1.29, 1.82) is 0 Å². The van der Waals surface area contributed by atoms with Crippen LogP contribution in [0.5, 0.6) is 0 Å². The maximum absolute atomic E-state index is 15.1. The Labute approximate surface area is 338 Å². The van der Waals surface area contributed by atoms with Crippen LogP contribution in [-0.4, -0.2) is 70.1 Å². The first-order valence-corrected chi connectivity index (χ1v) is 21.7. The van der Waals surface area contributed by atoms with Crippen molar-refractivity contribution in [2.45, 2.75) is 145 Å². The minimum absolute atomic E-state index is 0.128. The molecule has 10 atom stereocenters. The quantitative estimate of drug-likeness (QED) is 0.159. The fraction of sp³-hybridized carbons (Fsp3) is 0.653. The van der Waals surface area contributed by atoms with E-state index in [2.05, 4.69) is 89.7 Å². The number of epoxide rings is 1. The Balaban J connectivity index is 1.25. The minimum Gasteiger partial charge on any atom is -0.392 e. The Morgan fingerprint density at radius 3 is 2.33 bits per heavy atom. The van der Waals surface area contributed by atoms with E-state index in [-0.39, 0.29) is 35.1 Å². The van der Waals surface area contributed by atoms with Crippen LogP contribution < -0.4 is 4.90 Å². The van der Waals surface area contributed by atoms with Gasteiger partial charge in [0.2, 0.25) is 0 Å². The molecule has 0 spiro atoms. The Kier molecular flexibility index (Phi) is 8.49. The van der Waals surface area contributed by atoms with Gasteiger partial charge in [0.05, 0.1) is 29.2 Å². The second kappa shape index (κ2) is 12.4. The molecule has 8 nitrogen and oxygen atoms in total. The predicted molar refractivity (Wildman–Crippen MR) is 223 cm³/mol. The lowest BCUT2D eigenvalue weighted by Crippen LogP contribution is -2.68. The van der Waals surface area contributed by atoms with E-state index in [4.69, 9.17) is 4.74 Å². The van der Waals surface area contributed by atoms with Gasteiger partial charge in [-0.25, -0.2) is 0 Å². The number of hydrogen-bond acceptors (Lipinski definition) is 7. The van der Waals surface area contributed by atoms with Gasteiger partial charge in [0.1, 0.15) is 11.9 Å². The third kappa shape index (κ3) is 5.30. The van der Waals surface area contributed by atoms with E-state index in [0.717, 1.165) is 75.9 Å². The van der Waals surface area contributed by atoms with E-state index in [9.17, 15) is 19.8 Å². The number of aromatic amines is 1. The molecule has 8 heteroatoms. The zero-order valence-electron chi connectivity index (χ0n) is 35.9. The summed E-state index contributed by atoms with van der Waals surface area (Å²) >= 11 is 0. The van der Waals surface area contributed by atoms with Crippen molar-refractivity contribution >= 4 is 34.7 Å². The summed E-state index contributed by atoms with van der Waals surface area (Å²) in [5.41, 5.74) is 7.01. The number of allylic oxidation sites excluding steroid dienone is 2. The molecule has 9 rings (SSSR count). The summed E-state index contributed by atoms with van der Waals surface area (Å²) in [6.07, 6.45) is 6.34. The van der Waals surface area contributed by atoms with Crippen LogP contribution in [0.25, 0.3) is 11.1 Å². The van der Waals surface area contributed by atoms with Crippen molar-refractivity contribution < 1.29 is 29.3 Å². The smallest absolute Gasteiger partial charge is 0.160 e. The first-order chi connectivity index (χ1) is 26.6. The number of anilines is 1. The molecule has 0 amide bonds. The first kappa shape index (κ1) is 39.1. The van der Waals surface area contributed by atoms with Crippen molar-refractivity contribution in [3.63, 3.8) is 0 Å². The zero-order valence-corrected chi connectivity index (χ0v) is 35.9. The Bertz CT molecular complexity index is 2150. The Morgan fingerprint density at radius 2 is 1.68 bits per heavy atom. The number of aromatic nitrogens is 1. The third-order valence-electron chi connectivity index (χ3n) is 17.6. The second-order valence-corrected chi connectivity index (χ2v) is 21.7. The van der Waals surface area contributed by atoms with Gasteiger partial charge >= 0.3 is 0 Å². The van der Waals surface area contributed by atoms with E-state index < -0.39 is 39.5 Å². The van der Waals surface area contributed by atoms with Crippen LogP contribution in [0.4, 0.5) is 5.69 Å². The van der Waals surface area contributed by atoms with Crippen LogP contribution in [0.1, 0.15) is 128 Å². The molecule has 1 aromatic carbocycles. The summed E-state index contributed by atoms with van der Waals surface area (Å²) in [6, 6.07) is 6.29. The number of nitrogens with one attached hydrogen (secondary N) is 1. The van der Waals surface area contributed by atoms with Crippen molar-refractivity contribution in [3.05, 3.63) is 63.5 Å². The molecule has 2 aromatic rings. The molecule has 4 aliphatic carbocycles. The normalized spacial score (nSPS) is 40.2. The molecule has 4 fully saturated rings. The molecule has 3 N–H and O–H groups in total. The average molecular weight is 777 g/mol. The molecule has 1 aromatic heterocycles. The number of rotatable bonds is 5. The summed E-state index contributed by atoms with van der Waals surface area (Å²) in [5.74, 6) is 0.0948. The number of ketones is 2. The first-order valence-electron chi connectivity index (χ1n) is 21.7. The highest BCUT2D eigenvalue weighted by Gasteiger charge is 2.72. The van der Waals surface area contributed by atoms with E-state index in [1.165, 1.54) is 0 Å². The monoisotopic (exact) mass is 776 g/mol. The summed E-state index contributed by atoms with van der Waals surface area (Å²) < 4.78 is 5.99. The molecular formula is C49H64N2O6. The SMILES string of the molecule is Cc1cc(C)cc(C(C=O)=C2CN3C[C@@H]4C5=C(C(=O)C[C@]5(C)[C@@]5(C)CC[C@H]6C(C)(C)C(=O)CC[C@]6(C)[C@@H]5[C@@H]4O)[C@](C)(C[C@@H](O)[C@@H]4OC4(C)C)CCc4c[nH]c2c43)c1. The fourth-order valence-electron chi connectivity index (χ4n) is 14.8. The van der Waals surface area contributed by atoms with E-state index in [1.54, 1.807) is 0 Å². The molecule has 1 saturated heterocycles. The van der Waals surface area contributed by atoms with Crippen LogP contribution in [0.15, 0.2) is 35.5 Å². The van der Waals surface area contributed by atoms with E-state index in [1.807, 2.05) is 13.8 Å². The molecular weight excluding hydrogens is 713 g/mol. The molecule has 4 heterocycles. The number of Topliss-reactive ketones (excluding diaryl/α,β-unsaturated/α-hetero) is 2. The number of ether oxygens (including phenoxy) is 1. The highest BCUT2D eigenvalue weighted by molar-refractivity contribution is 6.19. The van der Waals surface area contributed by atoms with Gasteiger partial charge in [-0.15, -0.1) is 0 Å². The number of aliphatic hydroxyl groups is 2. The van der Waals surface area contributed by atoms with Crippen LogP contribution in [0.3, 0.4) is 0 Å². The summed E-state index contributed by atoms with van der Waals surface area (Å²) in [4.78, 5) is 47.8. The fourth-order valence-corrected chi connectivity index (χ4v) is 14.8. The highest BCUT2D eigenvalue weighted by Crippen LogP contribution is 2.75. The van der Waals surface area contributed by atoms with Gasteiger partial charge in [0.15, 0.2) is 12.1 Å². The molecule has 3 aliphatic heterocycles. The number of aldehydes is 1. The molecule has 7 aliphatic rings. The lowest BCUT2D eigenvalue weighted by molar-refractivity contribution is -0.218. The molecule has 0 bridgehead atoms. The average Bonchev–Trinajstić information content (AvgIpc) is 3.37. The van der Waals surface area contributed by atoms with Gasteiger partial charge in [-0.2, -0.15) is 0 Å². The maximum atomic E-state index is 15.1. The molecule has 306 valence electrons. The summed E-state index contributed by atoms with van der Waals surface area (Å²) in [7, 11) is 0. The zero-order chi connectivity index (χ0) is 41.0. The van der Waals surface area contributed by atoms with Gasteiger partial charge in [0, 0.05) is 65.6 Å². The Morgan fingerprint density at radius 1 is 1.00 bits per heavy atom. The molecule has 3 saturated carbocycles. The van der Waals surface area contributed by atoms with E-state index in [0.29, 0.717) is 56.5 Å². The third-order valence-corrected chi connectivity index (χ3v) is 17.6. The molecule has 0 radical (unpaired) electrons. The van der Waals surface area contributed by atoms with Crippen LogP contribution in [0, 0.1) is 58.7 Å². The van der Waals surface area contributed by atoms with Crippen molar-refractivity contribution in [2.24, 2.45) is 44.8 Å². The van der Waals surface area contributed by atoms with Crippen molar-refractivity contribution in [1.82, 2.24) is 4.98 Å². The van der Waals surface area contributed by atoms with Crippen LogP contribution >= 0.6 is 0 Å². The Hall–Kier alpha value is -3.33. The van der Waals surface area contributed by atoms with Crippen LogP contribution in [0.2, 0.25) is 0 Å². The van der Waals surface area contributed by atoms with Gasteiger partial charge in [0.25, 0.3) is 0 Å². The van der Waals surface area contributed by atoms with E-state index >= 15 is 4.79 Å². The maximum Gasteiger partial charge on any atom is 0.160 e. The number of carbonyl (C=O) groups is 3. The van der Waals surface area contributed by atoms with Gasteiger partial charge < -0.3 is 24.8 Å². The van der Waals surface area contributed by atoms with Crippen molar-refractivity contribution in [3.8, 4) is 0 Å². The van der Waals surface area contributed by atoms with Gasteiger partial charge in [-0.3, -0.25) is 14.4 Å². The lowest BCUT2D eigenvalue weighted by atomic mass is 9.34. The van der Waals surface area contributed by atoms with Crippen molar-refractivity contribution in [2.75, 3.05) is 18.0 Å². The summed E-state index contributed by atoms with van der Waals surface area (Å²) in [6.45, 7) is 22.6. The lowest BCUT2D eigenvalue weighted by Gasteiger charge is -2.70. The number of benzene rings is 1.